The number of pyridine rings is 2. The molecule has 1 saturated heterocycles. The number of hydrogen-bond acceptors (Lipinski definition) is 8. The maximum Gasteiger partial charge on any atom is 0.238 e. The molecule has 6 heterocycles. The summed E-state index contributed by atoms with van der Waals surface area (Å²) in [6.07, 6.45) is 9.66. The van der Waals surface area contributed by atoms with Gasteiger partial charge in [-0.25, -0.2) is 14.2 Å². The Balaban J connectivity index is 1.39. The number of fused-ring (bicyclic) bond motifs is 1. The van der Waals surface area contributed by atoms with Gasteiger partial charge in [0, 0.05) is 28.8 Å². The van der Waals surface area contributed by atoms with E-state index in [1.165, 1.54) is 0 Å². The van der Waals surface area contributed by atoms with E-state index in [2.05, 4.69) is 32.4 Å². The van der Waals surface area contributed by atoms with E-state index in [0.29, 0.717) is 41.9 Å². The predicted molar refractivity (Wildman–Crippen MR) is 137 cm³/mol. The van der Waals surface area contributed by atoms with Crippen molar-refractivity contribution in [2.24, 2.45) is 5.92 Å². The number of ether oxygens (including phenoxy) is 2. The Labute approximate surface area is 218 Å². The van der Waals surface area contributed by atoms with Gasteiger partial charge in [-0.15, -0.1) is 17.4 Å². The van der Waals surface area contributed by atoms with Crippen LogP contribution in [0.5, 0.6) is 11.6 Å². The lowest BCUT2D eigenvalue weighted by atomic mass is 10.0. The molecule has 5 aromatic rings. The molecule has 186 valence electrons. The fourth-order valence-electron chi connectivity index (χ4n) is 4.52. The van der Waals surface area contributed by atoms with Crippen LogP contribution in [0.4, 0.5) is 0 Å². The van der Waals surface area contributed by atoms with Gasteiger partial charge >= 0.3 is 0 Å². The van der Waals surface area contributed by atoms with E-state index in [-0.39, 0.29) is 12.0 Å². The molecule has 5 aromatic heterocycles. The van der Waals surface area contributed by atoms with Crippen LogP contribution in [0.25, 0.3) is 22.6 Å². The molecule has 0 saturated carbocycles. The molecular formula is C28H22N8O2. The van der Waals surface area contributed by atoms with Gasteiger partial charge in [-0.2, -0.15) is 20.6 Å². The predicted octanol–water partition coefficient (Wildman–Crippen LogP) is 4.36. The van der Waals surface area contributed by atoms with Gasteiger partial charge in [0.25, 0.3) is 0 Å². The summed E-state index contributed by atoms with van der Waals surface area (Å²) >= 11 is 0. The summed E-state index contributed by atoms with van der Waals surface area (Å²) in [6, 6.07) is 15.1. The minimum absolute atomic E-state index is 0.0443. The molecule has 0 aliphatic carbocycles. The van der Waals surface area contributed by atoms with Crippen molar-refractivity contribution < 1.29 is 9.47 Å². The Morgan fingerprint density at radius 1 is 1.13 bits per heavy atom. The van der Waals surface area contributed by atoms with E-state index in [4.69, 9.17) is 20.9 Å². The van der Waals surface area contributed by atoms with Crippen molar-refractivity contribution in [2.45, 2.75) is 26.4 Å². The molecule has 10 nitrogen and oxygen atoms in total. The van der Waals surface area contributed by atoms with Gasteiger partial charge in [-0.1, -0.05) is 6.07 Å². The van der Waals surface area contributed by atoms with Gasteiger partial charge in [-0.3, -0.25) is 0 Å². The van der Waals surface area contributed by atoms with Crippen LogP contribution < -0.4 is 4.74 Å². The minimum atomic E-state index is -0.213. The fourth-order valence-corrected chi connectivity index (χ4v) is 4.52. The summed E-state index contributed by atoms with van der Waals surface area (Å²) in [5, 5.41) is 26.4. The van der Waals surface area contributed by atoms with Crippen molar-refractivity contribution in [3.8, 4) is 47.1 Å². The highest BCUT2D eigenvalue weighted by molar-refractivity contribution is 5.78. The molecule has 10 heteroatoms. The number of aromatic nitrogens is 7. The molecule has 1 unspecified atom stereocenters. The molecule has 0 bridgehead atoms. The van der Waals surface area contributed by atoms with Crippen molar-refractivity contribution >= 4 is 5.52 Å². The van der Waals surface area contributed by atoms with Crippen LogP contribution in [-0.4, -0.2) is 41.2 Å². The lowest BCUT2D eigenvalue weighted by Crippen LogP contribution is -2.10. The third-order valence-corrected chi connectivity index (χ3v) is 6.45. The van der Waals surface area contributed by atoms with E-state index in [9.17, 15) is 5.26 Å². The number of rotatable bonds is 5. The van der Waals surface area contributed by atoms with Crippen LogP contribution in [0.3, 0.4) is 0 Å². The van der Waals surface area contributed by atoms with Gasteiger partial charge in [0.05, 0.1) is 42.0 Å². The summed E-state index contributed by atoms with van der Waals surface area (Å²) in [4.78, 5) is 4.99. The van der Waals surface area contributed by atoms with Crippen molar-refractivity contribution in [1.82, 2.24) is 34.6 Å². The lowest BCUT2D eigenvalue weighted by molar-refractivity contribution is 0.109. The summed E-state index contributed by atoms with van der Waals surface area (Å²) in [5.41, 5.74) is 5.17. The average Bonchev–Trinajstić information content (AvgIpc) is 3.67. The van der Waals surface area contributed by atoms with Crippen LogP contribution in [0, 0.1) is 43.4 Å². The monoisotopic (exact) mass is 502 g/mol. The Morgan fingerprint density at radius 3 is 2.76 bits per heavy atom. The van der Waals surface area contributed by atoms with Crippen molar-refractivity contribution in [1.29, 1.82) is 5.26 Å². The molecule has 38 heavy (non-hydrogen) atoms. The lowest BCUT2D eigenvalue weighted by Gasteiger charge is -2.16. The Morgan fingerprint density at radius 2 is 2.03 bits per heavy atom. The van der Waals surface area contributed by atoms with Crippen LogP contribution in [0.1, 0.15) is 35.2 Å². The number of hydrogen-bond donors (Lipinski definition) is 0. The van der Waals surface area contributed by atoms with E-state index in [1.54, 1.807) is 33.7 Å². The van der Waals surface area contributed by atoms with Crippen molar-refractivity contribution in [2.75, 3.05) is 6.61 Å². The van der Waals surface area contributed by atoms with Crippen LogP contribution in [0.2, 0.25) is 0 Å². The second-order valence-corrected chi connectivity index (χ2v) is 9.09. The molecule has 0 amide bonds. The first-order valence-corrected chi connectivity index (χ1v) is 12.0. The Hall–Kier alpha value is -5.06. The van der Waals surface area contributed by atoms with Crippen molar-refractivity contribution in [3.05, 3.63) is 77.5 Å². The molecule has 0 aromatic carbocycles. The summed E-state index contributed by atoms with van der Waals surface area (Å²) in [6.45, 7) is 4.25. The highest BCUT2D eigenvalue weighted by Crippen LogP contribution is 2.36. The number of aryl methyl sites for hydroxylation is 2. The van der Waals surface area contributed by atoms with Crippen molar-refractivity contribution in [3.63, 3.8) is 0 Å². The van der Waals surface area contributed by atoms with E-state index in [0.717, 1.165) is 28.0 Å². The van der Waals surface area contributed by atoms with E-state index in [1.807, 2.05) is 44.2 Å². The molecule has 1 aliphatic rings. The summed E-state index contributed by atoms with van der Waals surface area (Å²) in [5.74, 6) is 4.40. The third-order valence-electron chi connectivity index (χ3n) is 6.45. The maximum atomic E-state index is 9.40. The minimum Gasteiger partial charge on any atom is -0.436 e. The Bertz CT molecular complexity index is 1740. The largest absolute Gasteiger partial charge is 0.436 e. The quantitative estimate of drug-likeness (QED) is 0.326. The normalized spacial score (nSPS) is 16.8. The van der Waals surface area contributed by atoms with Gasteiger partial charge in [0.15, 0.2) is 11.5 Å². The number of terminal acetylenes is 1. The number of nitriles is 1. The van der Waals surface area contributed by atoms with Gasteiger partial charge < -0.3 is 9.47 Å². The first kappa shape index (κ1) is 23.3. The molecule has 0 spiro atoms. The zero-order valence-corrected chi connectivity index (χ0v) is 20.7. The van der Waals surface area contributed by atoms with E-state index >= 15 is 0 Å². The molecular weight excluding hydrogens is 480 g/mol. The highest BCUT2D eigenvalue weighted by Gasteiger charge is 2.29. The molecule has 0 N–H and O–H groups in total. The molecule has 6 rings (SSSR count). The van der Waals surface area contributed by atoms with Gasteiger partial charge in [0.2, 0.25) is 5.88 Å². The van der Waals surface area contributed by atoms with Gasteiger partial charge in [-0.05, 0) is 50.6 Å². The van der Waals surface area contributed by atoms with Crippen LogP contribution >= 0.6 is 0 Å². The first-order chi connectivity index (χ1) is 18.5. The van der Waals surface area contributed by atoms with Gasteiger partial charge in [0.1, 0.15) is 11.8 Å². The molecule has 2 atom stereocenters. The zero-order valence-electron chi connectivity index (χ0n) is 20.7. The van der Waals surface area contributed by atoms with Crippen LogP contribution in [-0.2, 0) is 4.74 Å². The SMILES string of the molecule is C#CC1CO[C@@H](c2ccc(-c3cnn4cc(Oc5ccc(C)nn5)ccc34)nc2-n2nc(C#N)cc2C)C1. The fraction of sp³-hybridized carbons (Fsp3) is 0.214. The Kier molecular flexibility index (Phi) is 5.79. The zero-order chi connectivity index (χ0) is 26.2. The molecule has 1 fully saturated rings. The summed E-state index contributed by atoms with van der Waals surface area (Å²) < 4.78 is 15.3. The second-order valence-electron chi connectivity index (χ2n) is 9.09. The molecule has 1 aliphatic heterocycles. The van der Waals surface area contributed by atoms with E-state index < -0.39 is 0 Å². The standard InChI is InChI=1S/C28H22N8O2/c1-4-19-12-26(37-16-19)22-7-8-24(31-28(22)36-18(3)11-20(13-29)34-36)23-14-30-35-15-21(6-9-25(23)35)38-27-10-5-17(2)32-33-27/h1,5-11,14-15,19,26H,12,16H2,2-3H3/t19?,26-/m1/s1. The second kappa shape index (κ2) is 9.43. The number of nitrogens with zero attached hydrogens (tertiary/aromatic N) is 8. The first-order valence-electron chi connectivity index (χ1n) is 12.0. The smallest absolute Gasteiger partial charge is 0.238 e. The summed E-state index contributed by atoms with van der Waals surface area (Å²) in [7, 11) is 0. The molecule has 0 radical (unpaired) electrons. The van der Waals surface area contributed by atoms with Crippen LogP contribution in [0.15, 0.2) is 54.9 Å². The topological polar surface area (TPSA) is 116 Å². The highest BCUT2D eigenvalue weighted by atomic mass is 16.5. The maximum absolute atomic E-state index is 9.40. The third kappa shape index (κ3) is 4.23. The average molecular weight is 503 g/mol.